The summed E-state index contributed by atoms with van der Waals surface area (Å²) < 4.78 is 7.95. The summed E-state index contributed by atoms with van der Waals surface area (Å²) in [7, 11) is 0. The van der Waals surface area contributed by atoms with E-state index >= 15 is 0 Å². The van der Waals surface area contributed by atoms with Gasteiger partial charge in [0.15, 0.2) is 0 Å². The third-order valence-electron chi connectivity index (χ3n) is 4.21. The summed E-state index contributed by atoms with van der Waals surface area (Å²) in [5.74, 6) is 0.810. The van der Waals surface area contributed by atoms with Gasteiger partial charge in [0.1, 0.15) is 12.0 Å². The molecule has 25 heavy (non-hydrogen) atoms. The minimum atomic E-state index is 0.652. The molecule has 0 amide bonds. The zero-order chi connectivity index (χ0) is 17.3. The van der Waals surface area contributed by atoms with Crippen LogP contribution in [0, 0.1) is 0 Å². The number of carbonyl (C=O) groups is 1. The first kappa shape index (κ1) is 17.0. The fourth-order valence-corrected chi connectivity index (χ4v) is 2.86. The van der Waals surface area contributed by atoms with Gasteiger partial charge in [-0.25, -0.2) is 0 Å². The first-order valence-corrected chi connectivity index (χ1v) is 8.76. The molecule has 0 aliphatic rings. The number of nitrogens with zero attached hydrogens (tertiary/aromatic N) is 1. The Morgan fingerprint density at radius 1 is 0.880 bits per heavy atom. The lowest BCUT2D eigenvalue weighted by Gasteiger charge is -2.13. The number of ether oxygens (including phenoxy) is 1. The highest BCUT2D eigenvalue weighted by atomic mass is 16.5. The number of aromatic nitrogens is 1. The van der Waals surface area contributed by atoms with Crippen LogP contribution in [-0.4, -0.2) is 17.5 Å². The maximum atomic E-state index is 11.0. The Bertz CT molecular complexity index is 779. The molecule has 0 aliphatic heterocycles. The number of benzene rings is 2. The molecular formula is C22H23NO2. The van der Waals surface area contributed by atoms with E-state index in [1.54, 1.807) is 6.07 Å². The smallest absolute Gasteiger partial charge is 0.150 e. The number of hydrogen-bond donors (Lipinski definition) is 0. The topological polar surface area (TPSA) is 31.2 Å². The zero-order valence-corrected chi connectivity index (χ0v) is 14.3. The van der Waals surface area contributed by atoms with Crippen molar-refractivity contribution in [2.24, 2.45) is 0 Å². The Kier molecular flexibility index (Phi) is 6.05. The molecule has 0 atom stereocenters. The van der Waals surface area contributed by atoms with E-state index in [0.29, 0.717) is 12.2 Å². The average Bonchev–Trinajstić information content (AvgIpc) is 3.20. The van der Waals surface area contributed by atoms with Gasteiger partial charge in [0.2, 0.25) is 0 Å². The first-order chi connectivity index (χ1) is 12.4. The highest BCUT2D eigenvalue weighted by Gasteiger charge is 2.07. The maximum Gasteiger partial charge on any atom is 0.150 e. The standard InChI is InChI=1S/C22H23NO2/c24-18-20-12-13-22(21(17-20)23-14-6-7-15-23)25-16-8-2-5-11-19-9-3-1-4-10-19/h1,3-4,6-7,9-10,12-15,17-18H,2,5,8,11,16H2. The van der Waals surface area contributed by atoms with Crippen molar-refractivity contribution in [2.45, 2.75) is 25.7 Å². The van der Waals surface area contributed by atoms with E-state index in [4.69, 9.17) is 4.74 Å². The van der Waals surface area contributed by atoms with Crippen LogP contribution in [0.2, 0.25) is 0 Å². The minimum Gasteiger partial charge on any atom is -0.491 e. The molecule has 1 heterocycles. The van der Waals surface area contributed by atoms with Gasteiger partial charge in [0, 0.05) is 18.0 Å². The number of aryl methyl sites for hydroxylation is 1. The number of carbonyl (C=O) groups excluding carboxylic acids is 1. The molecule has 0 bridgehead atoms. The van der Waals surface area contributed by atoms with Crippen LogP contribution in [0.1, 0.15) is 35.2 Å². The molecule has 0 radical (unpaired) electrons. The van der Waals surface area contributed by atoms with E-state index in [1.165, 1.54) is 12.0 Å². The maximum absolute atomic E-state index is 11.0. The lowest BCUT2D eigenvalue weighted by molar-refractivity contribution is 0.112. The van der Waals surface area contributed by atoms with Crippen molar-refractivity contribution in [3.05, 3.63) is 84.2 Å². The average molecular weight is 333 g/mol. The Labute approximate surface area is 148 Å². The molecule has 2 aromatic carbocycles. The van der Waals surface area contributed by atoms with Gasteiger partial charge in [-0.2, -0.15) is 0 Å². The van der Waals surface area contributed by atoms with Gasteiger partial charge in [-0.3, -0.25) is 4.79 Å². The van der Waals surface area contributed by atoms with E-state index in [1.807, 2.05) is 41.2 Å². The molecule has 128 valence electrons. The molecule has 1 aromatic heterocycles. The summed E-state index contributed by atoms with van der Waals surface area (Å²) in [5, 5.41) is 0. The predicted octanol–water partition coefficient (Wildman–Crippen LogP) is 5.08. The highest BCUT2D eigenvalue weighted by Crippen LogP contribution is 2.24. The van der Waals surface area contributed by atoms with Gasteiger partial charge in [-0.1, -0.05) is 30.3 Å². The van der Waals surface area contributed by atoms with Crippen LogP contribution in [0.15, 0.2) is 73.1 Å². The lowest BCUT2D eigenvalue weighted by atomic mass is 10.1. The van der Waals surface area contributed by atoms with Gasteiger partial charge in [0.05, 0.1) is 12.3 Å². The highest BCUT2D eigenvalue weighted by molar-refractivity contribution is 5.77. The third kappa shape index (κ3) is 4.83. The third-order valence-corrected chi connectivity index (χ3v) is 4.21. The van der Waals surface area contributed by atoms with Crippen LogP contribution in [0.25, 0.3) is 5.69 Å². The Morgan fingerprint density at radius 2 is 1.68 bits per heavy atom. The summed E-state index contributed by atoms with van der Waals surface area (Å²) in [4.78, 5) is 11.0. The van der Waals surface area contributed by atoms with Gasteiger partial charge in [0.25, 0.3) is 0 Å². The number of rotatable bonds is 9. The fourth-order valence-electron chi connectivity index (χ4n) is 2.86. The molecular weight excluding hydrogens is 310 g/mol. The normalized spacial score (nSPS) is 10.6. The molecule has 0 unspecified atom stereocenters. The Balaban J connectivity index is 1.50. The summed E-state index contributed by atoms with van der Waals surface area (Å²) in [6, 6.07) is 20.0. The number of unbranched alkanes of at least 4 members (excludes halogenated alkanes) is 2. The van der Waals surface area contributed by atoms with Crippen molar-refractivity contribution in [2.75, 3.05) is 6.61 Å². The second kappa shape index (κ2) is 8.88. The second-order valence-corrected chi connectivity index (χ2v) is 6.08. The molecule has 0 spiro atoms. The largest absolute Gasteiger partial charge is 0.491 e. The van der Waals surface area contributed by atoms with E-state index in [0.717, 1.165) is 37.0 Å². The molecule has 0 fully saturated rings. The SMILES string of the molecule is O=Cc1ccc(OCCCCCc2ccccc2)c(-n2cccc2)c1. The Hall–Kier alpha value is -2.81. The molecule has 3 rings (SSSR count). The van der Waals surface area contributed by atoms with Crippen molar-refractivity contribution >= 4 is 6.29 Å². The number of hydrogen-bond acceptors (Lipinski definition) is 2. The first-order valence-electron chi connectivity index (χ1n) is 8.76. The zero-order valence-electron chi connectivity index (χ0n) is 14.3. The van der Waals surface area contributed by atoms with Crippen LogP contribution in [-0.2, 0) is 6.42 Å². The molecule has 3 aromatic rings. The molecule has 0 N–H and O–H groups in total. The molecule has 0 saturated carbocycles. The minimum absolute atomic E-state index is 0.652. The lowest BCUT2D eigenvalue weighted by Crippen LogP contribution is -2.02. The van der Waals surface area contributed by atoms with Crippen LogP contribution in [0.4, 0.5) is 0 Å². The summed E-state index contributed by atoms with van der Waals surface area (Å²) in [6.07, 6.45) is 9.21. The Morgan fingerprint density at radius 3 is 2.44 bits per heavy atom. The van der Waals surface area contributed by atoms with Crippen LogP contribution in [0.3, 0.4) is 0 Å². The van der Waals surface area contributed by atoms with Crippen molar-refractivity contribution in [1.29, 1.82) is 0 Å². The molecule has 0 aliphatic carbocycles. The summed E-state index contributed by atoms with van der Waals surface area (Å²) >= 11 is 0. The van der Waals surface area contributed by atoms with Crippen molar-refractivity contribution in [3.8, 4) is 11.4 Å². The van der Waals surface area contributed by atoms with E-state index in [9.17, 15) is 4.79 Å². The van der Waals surface area contributed by atoms with Crippen LogP contribution >= 0.6 is 0 Å². The van der Waals surface area contributed by atoms with E-state index < -0.39 is 0 Å². The van der Waals surface area contributed by atoms with Gasteiger partial charge >= 0.3 is 0 Å². The summed E-state index contributed by atoms with van der Waals surface area (Å²) in [6.45, 7) is 0.684. The van der Waals surface area contributed by atoms with Gasteiger partial charge in [-0.15, -0.1) is 0 Å². The van der Waals surface area contributed by atoms with Gasteiger partial charge < -0.3 is 9.30 Å². The van der Waals surface area contributed by atoms with Crippen molar-refractivity contribution < 1.29 is 9.53 Å². The fraction of sp³-hybridized carbons (Fsp3) is 0.227. The molecule has 3 nitrogen and oxygen atoms in total. The molecule has 3 heteroatoms. The summed E-state index contributed by atoms with van der Waals surface area (Å²) in [5.41, 5.74) is 2.94. The van der Waals surface area contributed by atoms with Crippen molar-refractivity contribution in [1.82, 2.24) is 4.57 Å². The predicted molar refractivity (Wildman–Crippen MR) is 101 cm³/mol. The number of aldehydes is 1. The monoisotopic (exact) mass is 333 g/mol. The van der Waals surface area contributed by atoms with Crippen molar-refractivity contribution in [3.63, 3.8) is 0 Å². The van der Waals surface area contributed by atoms with Gasteiger partial charge in [-0.05, 0) is 61.6 Å². The quantitative estimate of drug-likeness (QED) is 0.404. The van der Waals surface area contributed by atoms with Crippen LogP contribution < -0.4 is 4.74 Å². The van der Waals surface area contributed by atoms with Crippen LogP contribution in [0.5, 0.6) is 5.75 Å². The second-order valence-electron chi connectivity index (χ2n) is 6.08. The van der Waals surface area contributed by atoms with E-state index in [2.05, 4.69) is 30.3 Å². The van der Waals surface area contributed by atoms with E-state index in [-0.39, 0.29) is 0 Å². The molecule has 0 saturated heterocycles.